The van der Waals surface area contributed by atoms with E-state index in [9.17, 15) is 13.6 Å². The van der Waals surface area contributed by atoms with Crippen molar-refractivity contribution in [2.45, 2.75) is 27.2 Å². The van der Waals surface area contributed by atoms with Crippen molar-refractivity contribution in [3.63, 3.8) is 0 Å². The standard InChI is InChI=1S/C16H22F2N2O2/c1-16(2,3)10-15(21)19-13-9-14(12(18)8-11(13)17)20-4-6-22-7-5-20/h8-9H,4-7,10H2,1-3H3,(H,19,21). The summed E-state index contributed by atoms with van der Waals surface area (Å²) in [5, 5.41) is 2.53. The Kier molecular flexibility index (Phi) is 5.01. The fraction of sp³-hybridized carbons (Fsp3) is 0.562. The minimum absolute atomic E-state index is 0.0112. The number of benzene rings is 1. The molecule has 6 heteroatoms. The highest BCUT2D eigenvalue weighted by molar-refractivity contribution is 5.91. The summed E-state index contributed by atoms with van der Waals surface area (Å²) in [7, 11) is 0. The van der Waals surface area contributed by atoms with Crippen LogP contribution in [-0.4, -0.2) is 32.2 Å². The lowest BCUT2D eigenvalue weighted by Crippen LogP contribution is -2.36. The molecule has 1 aromatic rings. The van der Waals surface area contributed by atoms with Crippen LogP contribution in [0.5, 0.6) is 0 Å². The number of ether oxygens (including phenoxy) is 1. The van der Waals surface area contributed by atoms with E-state index in [0.717, 1.165) is 6.07 Å². The molecule has 2 rings (SSSR count). The van der Waals surface area contributed by atoms with E-state index in [4.69, 9.17) is 4.74 Å². The first-order valence-corrected chi connectivity index (χ1v) is 7.38. The van der Waals surface area contributed by atoms with Gasteiger partial charge in [0.1, 0.15) is 11.6 Å². The molecule has 22 heavy (non-hydrogen) atoms. The Morgan fingerprint density at radius 1 is 1.23 bits per heavy atom. The fourth-order valence-corrected chi connectivity index (χ4v) is 2.36. The quantitative estimate of drug-likeness (QED) is 0.932. The summed E-state index contributed by atoms with van der Waals surface area (Å²) in [6.07, 6.45) is 0.261. The third-order valence-corrected chi connectivity index (χ3v) is 3.35. The van der Waals surface area contributed by atoms with Crippen LogP contribution in [0.25, 0.3) is 0 Å². The number of hydrogen-bond acceptors (Lipinski definition) is 3. The van der Waals surface area contributed by atoms with Crippen molar-refractivity contribution in [2.24, 2.45) is 5.41 Å². The second kappa shape index (κ2) is 6.60. The molecular weight excluding hydrogens is 290 g/mol. The molecule has 4 nitrogen and oxygen atoms in total. The predicted octanol–water partition coefficient (Wildman–Crippen LogP) is 3.18. The highest BCUT2D eigenvalue weighted by atomic mass is 19.1. The van der Waals surface area contributed by atoms with Gasteiger partial charge in [0.15, 0.2) is 0 Å². The minimum atomic E-state index is -0.767. The zero-order valence-corrected chi connectivity index (χ0v) is 13.2. The molecule has 1 heterocycles. The number of rotatable bonds is 3. The Labute approximate surface area is 129 Å². The summed E-state index contributed by atoms with van der Waals surface area (Å²) in [6.45, 7) is 7.85. The van der Waals surface area contributed by atoms with E-state index in [1.165, 1.54) is 6.07 Å². The van der Waals surface area contributed by atoms with Crippen molar-refractivity contribution in [3.05, 3.63) is 23.8 Å². The lowest BCUT2D eigenvalue weighted by atomic mass is 9.92. The van der Waals surface area contributed by atoms with Gasteiger partial charge in [-0.1, -0.05) is 20.8 Å². The zero-order chi connectivity index (χ0) is 16.3. The van der Waals surface area contributed by atoms with Gasteiger partial charge in [-0.05, 0) is 11.5 Å². The van der Waals surface area contributed by atoms with E-state index in [0.29, 0.717) is 26.3 Å². The summed E-state index contributed by atoms with van der Waals surface area (Å²) >= 11 is 0. The molecule has 1 aromatic carbocycles. The highest BCUT2D eigenvalue weighted by Gasteiger charge is 2.21. The number of anilines is 2. The minimum Gasteiger partial charge on any atom is -0.378 e. The van der Waals surface area contributed by atoms with Gasteiger partial charge < -0.3 is 15.0 Å². The number of nitrogens with one attached hydrogen (secondary N) is 1. The van der Waals surface area contributed by atoms with Gasteiger partial charge in [-0.2, -0.15) is 0 Å². The summed E-state index contributed by atoms with van der Waals surface area (Å²) in [6, 6.07) is 2.17. The summed E-state index contributed by atoms with van der Waals surface area (Å²) in [5.74, 6) is -1.68. The number of carbonyl (C=O) groups excluding carboxylic acids is 1. The summed E-state index contributed by atoms with van der Waals surface area (Å²) in [5.41, 5.74) is 0.0982. The molecule has 0 radical (unpaired) electrons. The van der Waals surface area contributed by atoms with Crippen LogP contribution in [-0.2, 0) is 9.53 Å². The van der Waals surface area contributed by atoms with Crippen LogP contribution in [0.15, 0.2) is 12.1 Å². The van der Waals surface area contributed by atoms with E-state index in [2.05, 4.69) is 5.32 Å². The van der Waals surface area contributed by atoms with Crippen molar-refractivity contribution < 1.29 is 18.3 Å². The van der Waals surface area contributed by atoms with E-state index in [-0.39, 0.29) is 29.1 Å². The van der Waals surface area contributed by atoms with Crippen LogP contribution in [0.3, 0.4) is 0 Å². The van der Waals surface area contributed by atoms with Crippen molar-refractivity contribution >= 4 is 17.3 Å². The van der Waals surface area contributed by atoms with E-state index < -0.39 is 11.6 Å². The molecule has 1 fully saturated rings. The molecule has 0 atom stereocenters. The van der Waals surface area contributed by atoms with E-state index >= 15 is 0 Å². The second-order valence-electron chi connectivity index (χ2n) is 6.67. The van der Waals surface area contributed by atoms with Crippen molar-refractivity contribution in [3.8, 4) is 0 Å². The van der Waals surface area contributed by atoms with Crippen LogP contribution in [0.2, 0.25) is 0 Å². The van der Waals surface area contributed by atoms with Gasteiger partial charge in [0.2, 0.25) is 5.91 Å². The molecular formula is C16H22F2N2O2. The maximum atomic E-state index is 14.0. The highest BCUT2D eigenvalue weighted by Crippen LogP contribution is 2.28. The van der Waals surface area contributed by atoms with Crippen LogP contribution in [0, 0.1) is 17.0 Å². The average molecular weight is 312 g/mol. The molecule has 122 valence electrons. The Morgan fingerprint density at radius 3 is 2.45 bits per heavy atom. The Bertz CT molecular complexity index is 550. The molecule has 0 aliphatic carbocycles. The van der Waals surface area contributed by atoms with Crippen molar-refractivity contribution in [1.29, 1.82) is 0 Å². The molecule has 1 N–H and O–H groups in total. The number of nitrogens with zero attached hydrogens (tertiary/aromatic N) is 1. The number of morpholine rings is 1. The molecule has 1 amide bonds. The SMILES string of the molecule is CC(C)(C)CC(=O)Nc1cc(N2CCOCC2)c(F)cc1F. The molecule has 1 saturated heterocycles. The van der Waals surface area contributed by atoms with Crippen LogP contribution >= 0.6 is 0 Å². The molecule has 0 saturated carbocycles. The van der Waals surface area contributed by atoms with Gasteiger partial charge in [0, 0.05) is 25.6 Å². The molecule has 1 aliphatic rings. The Morgan fingerprint density at radius 2 is 1.86 bits per heavy atom. The maximum absolute atomic E-state index is 14.0. The van der Waals surface area contributed by atoms with Gasteiger partial charge in [0.05, 0.1) is 24.6 Å². The first kappa shape index (κ1) is 16.7. The van der Waals surface area contributed by atoms with Crippen LogP contribution in [0.4, 0.5) is 20.2 Å². The fourth-order valence-electron chi connectivity index (χ4n) is 2.36. The smallest absolute Gasteiger partial charge is 0.224 e. The monoisotopic (exact) mass is 312 g/mol. The Balaban J connectivity index is 2.19. The summed E-state index contributed by atoms with van der Waals surface area (Å²) < 4.78 is 33.1. The molecule has 0 aromatic heterocycles. The van der Waals surface area contributed by atoms with Crippen molar-refractivity contribution in [1.82, 2.24) is 0 Å². The number of amides is 1. The molecule has 0 spiro atoms. The zero-order valence-electron chi connectivity index (χ0n) is 13.2. The largest absolute Gasteiger partial charge is 0.378 e. The molecule has 0 unspecified atom stereocenters. The van der Waals surface area contributed by atoms with E-state index in [1.807, 2.05) is 20.8 Å². The van der Waals surface area contributed by atoms with Gasteiger partial charge in [-0.3, -0.25) is 4.79 Å². The van der Waals surface area contributed by atoms with Crippen LogP contribution in [0.1, 0.15) is 27.2 Å². The predicted molar refractivity (Wildman–Crippen MR) is 82.1 cm³/mol. The van der Waals surface area contributed by atoms with Gasteiger partial charge >= 0.3 is 0 Å². The number of hydrogen-bond donors (Lipinski definition) is 1. The molecule has 1 aliphatic heterocycles. The topological polar surface area (TPSA) is 41.6 Å². The second-order valence-corrected chi connectivity index (χ2v) is 6.67. The number of halogens is 2. The van der Waals surface area contributed by atoms with Gasteiger partial charge in [-0.25, -0.2) is 8.78 Å². The van der Waals surface area contributed by atoms with Crippen molar-refractivity contribution in [2.75, 3.05) is 36.5 Å². The molecule has 0 bridgehead atoms. The first-order chi connectivity index (χ1) is 10.3. The third-order valence-electron chi connectivity index (χ3n) is 3.35. The third kappa shape index (κ3) is 4.40. The van der Waals surface area contributed by atoms with E-state index in [1.54, 1.807) is 4.90 Å². The lowest BCUT2D eigenvalue weighted by molar-refractivity contribution is -0.117. The first-order valence-electron chi connectivity index (χ1n) is 7.38. The lowest BCUT2D eigenvalue weighted by Gasteiger charge is -2.29. The normalized spacial score (nSPS) is 15.8. The van der Waals surface area contributed by atoms with Crippen LogP contribution < -0.4 is 10.2 Å². The van der Waals surface area contributed by atoms with Gasteiger partial charge in [0.25, 0.3) is 0 Å². The Hall–Kier alpha value is -1.69. The number of carbonyl (C=O) groups is 1. The summed E-state index contributed by atoms with van der Waals surface area (Å²) in [4.78, 5) is 13.7. The average Bonchev–Trinajstić information content (AvgIpc) is 2.41. The van der Waals surface area contributed by atoms with Gasteiger partial charge in [-0.15, -0.1) is 0 Å². The maximum Gasteiger partial charge on any atom is 0.224 e.